The number of hydrogen-bond acceptors (Lipinski definition) is 3. The highest BCUT2D eigenvalue weighted by molar-refractivity contribution is 8.15. The third-order valence-electron chi connectivity index (χ3n) is 2.89. The van der Waals surface area contributed by atoms with Crippen LogP contribution in [-0.4, -0.2) is 17.0 Å². The minimum absolute atomic E-state index is 0.420. The highest BCUT2D eigenvalue weighted by Crippen LogP contribution is 2.32. The predicted molar refractivity (Wildman–Crippen MR) is 78.2 cm³/mol. The average Bonchev–Trinajstić information content (AvgIpc) is 2.75. The van der Waals surface area contributed by atoms with Crippen molar-refractivity contribution in [1.29, 1.82) is 0 Å². The van der Waals surface area contributed by atoms with Gasteiger partial charge in [-0.25, -0.2) is 0 Å². The molecule has 0 amide bonds. The Labute approximate surface area is 120 Å². The van der Waals surface area contributed by atoms with Crippen LogP contribution >= 0.6 is 11.8 Å². The lowest BCUT2D eigenvalue weighted by molar-refractivity contribution is -0.137. The van der Waals surface area contributed by atoms with Gasteiger partial charge in [0.1, 0.15) is 0 Å². The molecule has 1 N–H and O–H groups in total. The number of benzene rings is 1. The van der Waals surface area contributed by atoms with Crippen molar-refractivity contribution in [1.82, 2.24) is 0 Å². The lowest BCUT2D eigenvalue weighted by Gasteiger charge is -2.12. The number of nitrogens with zero attached hydrogens (tertiary/aromatic N) is 1. The van der Waals surface area contributed by atoms with Crippen LogP contribution in [-0.2, 0) is 6.18 Å². The number of hydrogen-bond donors (Lipinski definition) is 1. The Balaban J connectivity index is 1.98. The molecular weight excluding hydrogens is 285 g/mol. The van der Waals surface area contributed by atoms with E-state index >= 15 is 0 Å². The van der Waals surface area contributed by atoms with Gasteiger partial charge in [-0.05, 0) is 30.5 Å². The summed E-state index contributed by atoms with van der Waals surface area (Å²) in [4.78, 5) is 4.34. The van der Waals surface area contributed by atoms with Gasteiger partial charge in [-0.3, -0.25) is 4.99 Å². The first-order valence-corrected chi connectivity index (χ1v) is 7.38. The second kappa shape index (κ2) is 6.08. The molecule has 1 aromatic carbocycles. The third kappa shape index (κ3) is 4.16. The van der Waals surface area contributed by atoms with E-state index in [9.17, 15) is 13.2 Å². The molecule has 1 aliphatic rings. The monoisotopic (exact) mass is 302 g/mol. The van der Waals surface area contributed by atoms with Gasteiger partial charge in [0.15, 0.2) is 5.17 Å². The fourth-order valence-electron chi connectivity index (χ4n) is 2.03. The van der Waals surface area contributed by atoms with Gasteiger partial charge >= 0.3 is 6.18 Å². The zero-order valence-electron chi connectivity index (χ0n) is 11.4. The molecule has 110 valence electrons. The van der Waals surface area contributed by atoms with E-state index < -0.39 is 11.7 Å². The first-order valence-electron chi connectivity index (χ1n) is 6.50. The molecule has 2 nitrogen and oxygen atoms in total. The van der Waals surface area contributed by atoms with Crippen molar-refractivity contribution < 1.29 is 13.2 Å². The zero-order chi connectivity index (χ0) is 14.8. The van der Waals surface area contributed by atoms with Crippen LogP contribution in [0.25, 0.3) is 0 Å². The number of nitrogens with one attached hydrogen (secondary N) is 1. The second-order valence-corrected chi connectivity index (χ2v) is 6.51. The molecule has 1 aliphatic heterocycles. The molecule has 0 saturated heterocycles. The van der Waals surface area contributed by atoms with Gasteiger partial charge in [-0.2, -0.15) is 13.2 Å². The van der Waals surface area contributed by atoms with E-state index in [1.165, 1.54) is 6.07 Å². The largest absolute Gasteiger partial charge is 0.416 e. The third-order valence-corrected chi connectivity index (χ3v) is 4.02. The Kier molecular flexibility index (Phi) is 4.62. The van der Waals surface area contributed by atoms with E-state index in [1.807, 2.05) is 0 Å². The summed E-state index contributed by atoms with van der Waals surface area (Å²) >= 11 is 1.60. The van der Waals surface area contributed by atoms with Gasteiger partial charge in [0.05, 0.1) is 12.1 Å². The van der Waals surface area contributed by atoms with Crippen molar-refractivity contribution in [3.05, 3.63) is 29.8 Å². The van der Waals surface area contributed by atoms with Crippen LogP contribution in [0.1, 0.15) is 25.8 Å². The SMILES string of the molecule is CC(C)CC1CN=C(Nc2cccc(C(F)(F)F)c2)S1. The van der Waals surface area contributed by atoms with E-state index in [1.54, 1.807) is 17.8 Å². The molecule has 6 heteroatoms. The van der Waals surface area contributed by atoms with Crippen molar-refractivity contribution in [3.8, 4) is 0 Å². The predicted octanol–water partition coefficient (Wildman–Crippen LogP) is 4.63. The Morgan fingerprint density at radius 2 is 2.15 bits per heavy atom. The van der Waals surface area contributed by atoms with E-state index in [0.29, 0.717) is 22.0 Å². The van der Waals surface area contributed by atoms with Crippen molar-refractivity contribution >= 4 is 22.6 Å². The minimum atomic E-state index is -4.32. The van der Waals surface area contributed by atoms with Gasteiger partial charge in [0.25, 0.3) is 0 Å². The van der Waals surface area contributed by atoms with E-state index in [4.69, 9.17) is 0 Å². The van der Waals surface area contributed by atoms with Gasteiger partial charge in [-0.1, -0.05) is 31.7 Å². The Morgan fingerprint density at radius 1 is 1.40 bits per heavy atom. The summed E-state index contributed by atoms with van der Waals surface area (Å²) in [6.07, 6.45) is -3.26. The van der Waals surface area contributed by atoms with E-state index in [0.717, 1.165) is 25.1 Å². The fraction of sp³-hybridized carbons (Fsp3) is 0.500. The molecule has 0 aliphatic carbocycles. The lowest BCUT2D eigenvalue weighted by atomic mass is 10.1. The zero-order valence-corrected chi connectivity index (χ0v) is 12.2. The number of aliphatic imine (C=N–C) groups is 1. The maximum Gasteiger partial charge on any atom is 0.416 e. The average molecular weight is 302 g/mol. The molecule has 0 fully saturated rings. The van der Waals surface area contributed by atoms with Gasteiger partial charge in [0, 0.05) is 10.9 Å². The first kappa shape index (κ1) is 15.2. The molecule has 20 heavy (non-hydrogen) atoms. The first-order chi connectivity index (χ1) is 9.34. The van der Waals surface area contributed by atoms with Crippen LogP contribution in [0.5, 0.6) is 0 Å². The lowest BCUT2D eigenvalue weighted by Crippen LogP contribution is -2.10. The number of rotatable bonds is 3. The van der Waals surface area contributed by atoms with E-state index in [-0.39, 0.29) is 0 Å². The summed E-state index contributed by atoms with van der Waals surface area (Å²) in [5, 5.41) is 4.09. The van der Waals surface area contributed by atoms with E-state index in [2.05, 4.69) is 24.2 Å². The summed E-state index contributed by atoms with van der Waals surface area (Å²) in [5.41, 5.74) is -0.221. The molecule has 0 saturated carbocycles. The van der Waals surface area contributed by atoms with Crippen LogP contribution in [0, 0.1) is 5.92 Å². The molecule has 1 unspecified atom stereocenters. The quantitative estimate of drug-likeness (QED) is 0.880. The standard InChI is InChI=1S/C14H17F3N2S/c1-9(2)6-12-8-18-13(20-12)19-11-5-3-4-10(7-11)14(15,16)17/h3-5,7,9,12H,6,8H2,1-2H3,(H,18,19). The topological polar surface area (TPSA) is 24.4 Å². The van der Waals surface area contributed by atoms with Crippen molar-refractivity contribution in [2.45, 2.75) is 31.7 Å². The van der Waals surface area contributed by atoms with Crippen molar-refractivity contribution in [3.63, 3.8) is 0 Å². The maximum absolute atomic E-state index is 12.6. The smallest absolute Gasteiger partial charge is 0.335 e. The van der Waals surface area contributed by atoms with Crippen LogP contribution in [0.15, 0.2) is 29.3 Å². The maximum atomic E-state index is 12.6. The molecule has 0 bridgehead atoms. The Bertz CT molecular complexity index is 497. The molecule has 0 radical (unpaired) electrons. The highest BCUT2D eigenvalue weighted by Gasteiger charge is 2.30. The normalized spacial score (nSPS) is 19.3. The fourth-order valence-corrected chi connectivity index (χ4v) is 3.30. The number of amidine groups is 1. The second-order valence-electron chi connectivity index (χ2n) is 5.22. The molecular formula is C14H17F3N2S. The molecule has 1 atom stereocenters. The molecule has 1 aromatic rings. The summed E-state index contributed by atoms with van der Waals surface area (Å²) < 4.78 is 37.9. The number of thioether (sulfide) groups is 1. The van der Waals surface area contributed by atoms with Gasteiger partial charge < -0.3 is 5.32 Å². The van der Waals surface area contributed by atoms with Crippen LogP contribution in [0.2, 0.25) is 0 Å². The van der Waals surface area contributed by atoms with Crippen molar-refractivity contribution in [2.24, 2.45) is 10.9 Å². The summed E-state index contributed by atoms with van der Waals surface area (Å²) in [7, 11) is 0. The number of alkyl halides is 3. The van der Waals surface area contributed by atoms with Gasteiger partial charge in [0.2, 0.25) is 0 Å². The van der Waals surface area contributed by atoms with Crippen LogP contribution in [0.4, 0.5) is 18.9 Å². The molecule has 0 aromatic heterocycles. The Morgan fingerprint density at radius 3 is 2.80 bits per heavy atom. The minimum Gasteiger partial charge on any atom is -0.335 e. The summed E-state index contributed by atoms with van der Waals surface area (Å²) in [6, 6.07) is 5.19. The molecule has 1 heterocycles. The summed E-state index contributed by atoms with van der Waals surface area (Å²) in [6.45, 7) is 5.03. The molecule has 0 spiro atoms. The van der Waals surface area contributed by atoms with Crippen LogP contribution in [0.3, 0.4) is 0 Å². The number of anilines is 1. The van der Waals surface area contributed by atoms with Gasteiger partial charge in [-0.15, -0.1) is 0 Å². The Hall–Kier alpha value is -1.17. The van der Waals surface area contributed by atoms with Crippen LogP contribution < -0.4 is 5.32 Å². The number of halogens is 3. The molecule has 2 rings (SSSR count). The highest BCUT2D eigenvalue weighted by atomic mass is 32.2. The van der Waals surface area contributed by atoms with Crippen molar-refractivity contribution in [2.75, 3.05) is 11.9 Å². The summed E-state index contributed by atoms with van der Waals surface area (Å²) in [5.74, 6) is 0.593.